The molecule has 1 saturated heterocycles. The van der Waals surface area contributed by atoms with Gasteiger partial charge in [-0.3, -0.25) is 19.3 Å². The van der Waals surface area contributed by atoms with E-state index in [1.807, 2.05) is 26.0 Å². The molecule has 2 N–H and O–H groups in total. The lowest BCUT2D eigenvalue weighted by molar-refractivity contribution is -0.127. The SMILES string of the molecule is C=CCc1cc(/C=C2\SC(=O)N(CC(=O)Nc3cccc(C)c3C)C2=O)cc(OC)c1O. The standard InChI is InChI=1S/C24H24N2O5S/c1-5-7-17-10-16(11-19(31-4)22(17)28)12-20-23(29)26(24(30)32-20)13-21(27)25-18-9-6-8-14(2)15(18)3/h5-6,8-12,28H,1,7,13H2,2-4H3,(H,25,27)/b20-12-. The van der Waals surface area contributed by atoms with Gasteiger partial charge in [-0.2, -0.15) is 0 Å². The van der Waals surface area contributed by atoms with Crippen LogP contribution in [-0.4, -0.2) is 40.7 Å². The molecule has 1 heterocycles. The number of phenols is 1. The Kier molecular flexibility index (Phi) is 7.05. The van der Waals surface area contributed by atoms with Crippen LogP contribution in [0.2, 0.25) is 0 Å². The van der Waals surface area contributed by atoms with Crippen LogP contribution in [0.15, 0.2) is 47.9 Å². The first-order chi connectivity index (χ1) is 15.2. The van der Waals surface area contributed by atoms with E-state index in [9.17, 15) is 19.5 Å². The van der Waals surface area contributed by atoms with Gasteiger partial charge in [-0.1, -0.05) is 18.2 Å². The molecule has 32 heavy (non-hydrogen) atoms. The quantitative estimate of drug-likeness (QED) is 0.477. The molecule has 0 saturated carbocycles. The van der Waals surface area contributed by atoms with Crippen LogP contribution in [0.5, 0.6) is 11.5 Å². The fraction of sp³-hybridized carbons (Fsp3) is 0.208. The molecule has 2 aromatic carbocycles. The summed E-state index contributed by atoms with van der Waals surface area (Å²) in [6.45, 7) is 7.12. The molecule has 0 unspecified atom stereocenters. The van der Waals surface area contributed by atoms with Gasteiger partial charge >= 0.3 is 0 Å². The molecule has 7 nitrogen and oxygen atoms in total. The summed E-state index contributed by atoms with van der Waals surface area (Å²) in [6, 6.07) is 8.80. The topological polar surface area (TPSA) is 95.9 Å². The van der Waals surface area contributed by atoms with E-state index in [0.717, 1.165) is 27.8 Å². The summed E-state index contributed by atoms with van der Waals surface area (Å²) in [6.07, 6.45) is 3.59. The minimum absolute atomic E-state index is 0.000711. The normalized spacial score (nSPS) is 14.7. The second-order valence-corrected chi connectivity index (χ2v) is 8.28. The average molecular weight is 453 g/mol. The van der Waals surface area contributed by atoms with Crippen LogP contribution in [0.3, 0.4) is 0 Å². The van der Waals surface area contributed by atoms with Gasteiger partial charge in [0.25, 0.3) is 11.1 Å². The molecule has 0 aliphatic carbocycles. The maximum absolute atomic E-state index is 12.8. The number of methoxy groups -OCH3 is 1. The maximum Gasteiger partial charge on any atom is 0.294 e. The number of nitrogens with one attached hydrogen (secondary N) is 1. The molecule has 1 aliphatic heterocycles. The number of nitrogens with zero attached hydrogens (tertiary/aromatic N) is 1. The Balaban J connectivity index is 1.79. The number of carbonyl (C=O) groups is 3. The van der Waals surface area contributed by atoms with Gasteiger partial charge in [-0.05, 0) is 73.0 Å². The average Bonchev–Trinajstić information content (AvgIpc) is 3.01. The molecule has 0 spiro atoms. The predicted molar refractivity (Wildman–Crippen MR) is 126 cm³/mol. The summed E-state index contributed by atoms with van der Waals surface area (Å²) < 4.78 is 5.20. The number of rotatable bonds is 7. The highest BCUT2D eigenvalue weighted by atomic mass is 32.2. The highest BCUT2D eigenvalue weighted by molar-refractivity contribution is 8.18. The van der Waals surface area contributed by atoms with Gasteiger partial charge in [0.05, 0.1) is 12.0 Å². The second kappa shape index (κ2) is 9.74. The van der Waals surface area contributed by atoms with Crippen molar-refractivity contribution >= 4 is 40.6 Å². The van der Waals surface area contributed by atoms with Crippen LogP contribution < -0.4 is 10.1 Å². The predicted octanol–water partition coefficient (Wildman–Crippen LogP) is 4.42. The number of allylic oxidation sites excluding steroid dienone is 1. The van der Waals surface area contributed by atoms with Crippen molar-refractivity contribution in [1.29, 1.82) is 0 Å². The highest BCUT2D eigenvalue weighted by Crippen LogP contribution is 2.36. The first-order valence-corrected chi connectivity index (χ1v) is 10.7. The molecule has 1 aliphatic rings. The molecule has 166 valence electrons. The van der Waals surface area contributed by atoms with Crippen molar-refractivity contribution in [3.63, 3.8) is 0 Å². The van der Waals surface area contributed by atoms with Gasteiger partial charge in [0, 0.05) is 11.3 Å². The van der Waals surface area contributed by atoms with E-state index in [-0.39, 0.29) is 22.9 Å². The third-order valence-corrected chi connectivity index (χ3v) is 6.02. The highest BCUT2D eigenvalue weighted by Gasteiger charge is 2.36. The van der Waals surface area contributed by atoms with Crippen LogP contribution in [0.1, 0.15) is 22.3 Å². The summed E-state index contributed by atoms with van der Waals surface area (Å²) in [4.78, 5) is 38.8. The summed E-state index contributed by atoms with van der Waals surface area (Å²) in [5, 5.41) is 12.5. The van der Waals surface area contributed by atoms with Crippen LogP contribution >= 0.6 is 11.8 Å². The van der Waals surface area contributed by atoms with Gasteiger partial charge in [0.2, 0.25) is 5.91 Å². The maximum atomic E-state index is 12.8. The number of hydrogen-bond acceptors (Lipinski definition) is 6. The summed E-state index contributed by atoms with van der Waals surface area (Å²) in [5.41, 5.74) is 3.76. The smallest absolute Gasteiger partial charge is 0.294 e. The molecule has 3 rings (SSSR count). The van der Waals surface area contributed by atoms with Crippen LogP contribution in [-0.2, 0) is 16.0 Å². The number of phenolic OH excluding ortho intramolecular Hbond substituents is 1. The number of anilines is 1. The third kappa shape index (κ3) is 4.86. The van der Waals surface area contributed by atoms with Gasteiger partial charge in [-0.15, -0.1) is 6.58 Å². The largest absolute Gasteiger partial charge is 0.504 e. The van der Waals surface area contributed by atoms with Crippen molar-refractivity contribution in [1.82, 2.24) is 4.90 Å². The van der Waals surface area contributed by atoms with Gasteiger partial charge < -0.3 is 15.2 Å². The van der Waals surface area contributed by atoms with Crippen LogP contribution in [0.4, 0.5) is 10.5 Å². The Hall–Kier alpha value is -3.52. The molecule has 2 aromatic rings. The zero-order valence-electron chi connectivity index (χ0n) is 18.1. The van der Waals surface area contributed by atoms with E-state index >= 15 is 0 Å². The number of carbonyl (C=O) groups excluding carboxylic acids is 3. The lowest BCUT2D eigenvalue weighted by atomic mass is 10.1. The van der Waals surface area contributed by atoms with Crippen molar-refractivity contribution in [2.24, 2.45) is 0 Å². The Morgan fingerprint density at radius 1 is 1.28 bits per heavy atom. The van der Waals surface area contributed by atoms with E-state index in [4.69, 9.17) is 4.74 Å². The third-order valence-electron chi connectivity index (χ3n) is 5.11. The molecule has 0 aromatic heterocycles. The number of aryl methyl sites for hydroxylation is 1. The number of ether oxygens (including phenoxy) is 1. The second-order valence-electron chi connectivity index (χ2n) is 7.29. The Labute approximate surface area is 190 Å². The number of amides is 3. The van der Waals surface area contributed by atoms with Crippen molar-refractivity contribution in [2.45, 2.75) is 20.3 Å². The number of thioether (sulfide) groups is 1. The number of aromatic hydroxyl groups is 1. The van der Waals surface area contributed by atoms with E-state index in [2.05, 4.69) is 11.9 Å². The first kappa shape index (κ1) is 23.1. The summed E-state index contributed by atoms with van der Waals surface area (Å²) in [5.74, 6) is -0.751. The van der Waals surface area contributed by atoms with Gasteiger partial charge in [0.1, 0.15) is 6.54 Å². The molecule has 0 radical (unpaired) electrons. The monoisotopic (exact) mass is 452 g/mol. The minimum atomic E-state index is -0.548. The van der Waals surface area contributed by atoms with E-state index in [1.165, 1.54) is 7.11 Å². The fourth-order valence-electron chi connectivity index (χ4n) is 3.25. The zero-order valence-corrected chi connectivity index (χ0v) is 18.9. The Morgan fingerprint density at radius 2 is 2.03 bits per heavy atom. The fourth-order valence-corrected chi connectivity index (χ4v) is 4.09. The van der Waals surface area contributed by atoms with Crippen molar-refractivity contribution in [3.8, 4) is 11.5 Å². The lowest BCUT2D eigenvalue weighted by Gasteiger charge is -2.14. The van der Waals surface area contributed by atoms with Crippen molar-refractivity contribution in [2.75, 3.05) is 19.0 Å². The summed E-state index contributed by atoms with van der Waals surface area (Å²) in [7, 11) is 1.43. The minimum Gasteiger partial charge on any atom is -0.504 e. The zero-order chi connectivity index (χ0) is 23.4. The van der Waals surface area contributed by atoms with E-state index < -0.39 is 17.1 Å². The molecule has 3 amide bonds. The molecular weight excluding hydrogens is 428 g/mol. The van der Waals surface area contributed by atoms with Crippen molar-refractivity contribution in [3.05, 3.63) is 70.1 Å². The Morgan fingerprint density at radius 3 is 2.72 bits per heavy atom. The molecular formula is C24H24N2O5S. The van der Waals surface area contributed by atoms with Gasteiger partial charge in [-0.25, -0.2) is 0 Å². The van der Waals surface area contributed by atoms with Gasteiger partial charge in [0.15, 0.2) is 11.5 Å². The molecule has 1 fully saturated rings. The molecule has 8 heteroatoms. The molecule has 0 bridgehead atoms. The Bertz CT molecular complexity index is 1140. The van der Waals surface area contributed by atoms with Crippen LogP contribution in [0.25, 0.3) is 6.08 Å². The van der Waals surface area contributed by atoms with E-state index in [1.54, 1.807) is 30.4 Å². The molecule has 0 atom stereocenters. The van der Waals surface area contributed by atoms with Crippen LogP contribution in [0, 0.1) is 13.8 Å². The summed E-state index contributed by atoms with van der Waals surface area (Å²) >= 11 is 0.762. The number of benzene rings is 2. The number of hydrogen-bond donors (Lipinski definition) is 2. The lowest BCUT2D eigenvalue weighted by Crippen LogP contribution is -2.36. The number of imide groups is 1. The van der Waals surface area contributed by atoms with E-state index in [0.29, 0.717) is 23.2 Å². The first-order valence-electron chi connectivity index (χ1n) is 9.87. The van der Waals surface area contributed by atoms with Crippen molar-refractivity contribution < 1.29 is 24.2 Å².